The van der Waals surface area contributed by atoms with Gasteiger partial charge in [0.15, 0.2) is 0 Å². The molecule has 3 rings (SSSR count). The average Bonchev–Trinajstić information content (AvgIpc) is 2.38. The van der Waals surface area contributed by atoms with Crippen LogP contribution in [0.15, 0.2) is 42.5 Å². The largest absolute Gasteiger partial charge is 0.494 e. The number of rotatable bonds is 1. The van der Waals surface area contributed by atoms with Gasteiger partial charge in [-0.2, -0.15) is 0 Å². The lowest BCUT2D eigenvalue weighted by Crippen LogP contribution is -1.89. The number of methoxy groups -OCH3 is 1. The Morgan fingerprint density at radius 1 is 1.00 bits per heavy atom. The zero-order valence-corrected chi connectivity index (χ0v) is 10.0. The second kappa shape index (κ2) is 3.90. The number of para-hydroxylation sites is 2. The fraction of sp³-hybridized carbons (Fsp3) is 0.0714. The molecule has 1 heterocycles. The third-order valence-electron chi connectivity index (χ3n) is 2.83. The molecule has 0 aliphatic rings. The molecule has 3 heteroatoms. The molecular formula is C14H10ClNO. The van der Waals surface area contributed by atoms with Gasteiger partial charge in [-0.1, -0.05) is 41.9 Å². The van der Waals surface area contributed by atoms with E-state index in [-0.39, 0.29) is 0 Å². The molecule has 0 fully saturated rings. The molecule has 2 aromatic carbocycles. The van der Waals surface area contributed by atoms with Gasteiger partial charge < -0.3 is 4.74 Å². The first kappa shape index (κ1) is 10.4. The summed E-state index contributed by atoms with van der Waals surface area (Å²) in [6.07, 6.45) is 0. The van der Waals surface area contributed by atoms with Crippen LogP contribution in [0.5, 0.6) is 5.75 Å². The normalized spacial score (nSPS) is 10.9. The smallest absolute Gasteiger partial charge is 0.145 e. The Morgan fingerprint density at radius 2 is 1.76 bits per heavy atom. The van der Waals surface area contributed by atoms with E-state index in [0.717, 1.165) is 32.6 Å². The quantitative estimate of drug-likeness (QED) is 0.602. The zero-order chi connectivity index (χ0) is 11.8. The molecule has 0 aliphatic heterocycles. The van der Waals surface area contributed by atoms with E-state index in [4.69, 9.17) is 16.3 Å². The van der Waals surface area contributed by atoms with Gasteiger partial charge in [0, 0.05) is 10.8 Å². The molecule has 0 aliphatic carbocycles. The lowest BCUT2D eigenvalue weighted by Gasteiger charge is -2.08. The SMILES string of the molecule is COc1cccc2c(Cl)c3ccccc3nc12. The van der Waals surface area contributed by atoms with E-state index in [1.807, 2.05) is 42.5 Å². The van der Waals surface area contributed by atoms with Crippen LogP contribution in [-0.2, 0) is 0 Å². The average molecular weight is 244 g/mol. The van der Waals surface area contributed by atoms with Crippen molar-refractivity contribution in [2.75, 3.05) is 7.11 Å². The standard InChI is InChI=1S/C14H10ClNO/c1-17-12-8-4-6-10-13(15)9-5-2-3-7-11(9)16-14(10)12/h2-8H,1H3. The second-order valence-corrected chi connectivity index (χ2v) is 4.18. The molecule has 3 aromatic rings. The van der Waals surface area contributed by atoms with Crippen LogP contribution in [0.25, 0.3) is 21.8 Å². The van der Waals surface area contributed by atoms with Crippen molar-refractivity contribution < 1.29 is 4.74 Å². The van der Waals surface area contributed by atoms with E-state index in [1.54, 1.807) is 7.11 Å². The highest BCUT2D eigenvalue weighted by atomic mass is 35.5. The minimum Gasteiger partial charge on any atom is -0.494 e. The summed E-state index contributed by atoms with van der Waals surface area (Å²) in [5.41, 5.74) is 1.69. The van der Waals surface area contributed by atoms with E-state index >= 15 is 0 Å². The third-order valence-corrected chi connectivity index (χ3v) is 3.24. The molecular weight excluding hydrogens is 234 g/mol. The molecule has 0 saturated carbocycles. The summed E-state index contributed by atoms with van der Waals surface area (Å²) in [6, 6.07) is 13.6. The van der Waals surface area contributed by atoms with Gasteiger partial charge >= 0.3 is 0 Å². The molecule has 0 amide bonds. The number of hydrogen-bond acceptors (Lipinski definition) is 2. The molecule has 1 aromatic heterocycles. The van der Waals surface area contributed by atoms with E-state index in [0.29, 0.717) is 0 Å². The predicted molar refractivity (Wildman–Crippen MR) is 70.8 cm³/mol. The van der Waals surface area contributed by atoms with Crippen molar-refractivity contribution in [3.63, 3.8) is 0 Å². The van der Waals surface area contributed by atoms with E-state index in [2.05, 4.69) is 4.98 Å². The van der Waals surface area contributed by atoms with Crippen molar-refractivity contribution in [3.05, 3.63) is 47.5 Å². The number of fused-ring (bicyclic) bond motifs is 2. The first-order valence-corrected chi connectivity index (χ1v) is 5.70. The van der Waals surface area contributed by atoms with Crippen LogP contribution in [-0.4, -0.2) is 12.1 Å². The topological polar surface area (TPSA) is 22.1 Å². The van der Waals surface area contributed by atoms with E-state index in [9.17, 15) is 0 Å². The van der Waals surface area contributed by atoms with Crippen molar-refractivity contribution in [2.24, 2.45) is 0 Å². The van der Waals surface area contributed by atoms with E-state index < -0.39 is 0 Å². The molecule has 2 nitrogen and oxygen atoms in total. The van der Waals surface area contributed by atoms with E-state index in [1.165, 1.54) is 0 Å². The van der Waals surface area contributed by atoms with Crippen LogP contribution < -0.4 is 4.74 Å². The van der Waals surface area contributed by atoms with Gasteiger partial charge in [-0.3, -0.25) is 0 Å². The van der Waals surface area contributed by atoms with Crippen LogP contribution in [0.1, 0.15) is 0 Å². The van der Waals surface area contributed by atoms with Crippen LogP contribution in [0.3, 0.4) is 0 Å². The Bertz CT molecular complexity index is 709. The van der Waals surface area contributed by atoms with Crippen molar-refractivity contribution >= 4 is 33.4 Å². The lowest BCUT2D eigenvalue weighted by molar-refractivity contribution is 0.419. The highest BCUT2D eigenvalue weighted by Crippen LogP contribution is 2.34. The van der Waals surface area contributed by atoms with Gasteiger partial charge in [0.2, 0.25) is 0 Å². The number of benzene rings is 2. The summed E-state index contributed by atoms with van der Waals surface area (Å²) in [5, 5.41) is 2.61. The highest BCUT2D eigenvalue weighted by molar-refractivity contribution is 6.40. The summed E-state index contributed by atoms with van der Waals surface area (Å²) < 4.78 is 5.31. The summed E-state index contributed by atoms with van der Waals surface area (Å²) in [7, 11) is 1.64. The molecule has 0 unspecified atom stereocenters. The number of ether oxygens (including phenoxy) is 1. The van der Waals surface area contributed by atoms with Crippen LogP contribution in [0.2, 0.25) is 5.02 Å². The molecule has 0 N–H and O–H groups in total. The molecule has 0 saturated heterocycles. The van der Waals surface area contributed by atoms with Crippen molar-refractivity contribution in [1.82, 2.24) is 4.98 Å². The third kappa shape index (κ3) is 1.53. The Kier molecular flexibility index (Phi) is 2.37. The number of pyridine rings is 1. The minimum absolute atomic E-state index is 0.726. The molecule has 17 heavy (non-hydrogen) atoms. The fourth-order valence-corrected chi connectivity index (χ4v) is 2.31. The zero-order valence-electron chi connectivity index (χ0n) is 9.27. The van der Waals surface area contributed by atoms with Gasteiger partial charge in [0.25, 0.3) is 0 Å². The minimum atomic E-state index is 0.726. The highest BCUT2D eigenvalue weighted by Gasteiger charge is 2.09. The van der Waals surface area contributed by atoms with Crippen LogP contribution in [0.4, 0.5) is 0 Å². The maximum Gasteiger partial charge on any atom is 0.145 e. The summed E-state index contributed by atoms with van der Waals surface area (Å²) in [5.74, 6) is 0.746. The number of nitrogens with zero attached hydrogens (tertiary/aromatic N) is 1. The number of aromatic nitrogens is 1. The predicted octanol–water partition coefficient (Wildman–Crippen LogP) is 4.05. The van der Waals surface area contributed by atoms with Crippen molar-refractivity contribution in [1.29, 1.82) is 0 Å². The molecule has 0 radical (unpaired) electrons. The fourth-order valence-electron chi connectivity index (χ4n) is 2.00. The van der Waals surface area contributed by atoms with Crippen molar-refractivity contribution in [3.8, 4) is 5.75 Å². The summed E-state index contributed by atoms with van der Waals surface area (Å²) in [4.78, 5) is 4.60. The number of halogens is 1. The van der Waals surface area contributed by atoms with Crippen LogP contribution in [0, 0.1) is 0 Å². The van der Waals surface area contributed by atoms with Gasteiger partial charge in [-0.05, 0) is 12.1 Å². The Hall–Kier alpha value is -1.80. The van der Waals surface area contributed by atoms with Crippen LogP contribution >= 0.6 is 11.6 Å². The first-order valence-electron chi connectivity index (χ1n) is 5.32. The van der Waals surface area contributed by atoms with Gasteiger partial charge in [0.05, 0.1) is 17.6 Å². The maximum absolute atomic E-state index is 6.41. The van der Waals surface area contributed by atoms with Gasteiger partial charge in [-0.25, -0.2) is 4.98 Å². The molecule has 0 bridgehead atoms. The maximum atomic E-state index is 6.41. The van der Waals surface area contributed by atoms with Gasteiger partial charge in [0.1, 0.15) is 11.3 Å². The second-order valence-electron chi connectivity index (χ2n) is 3.80. The first-order chi connectivity index (χ1) is 8.31. The van der Waals surface area contributed by atoms with Crippen molar-refractivity contribution in [2.45, 2.75) is 0 Å². The monoisotopic (exact) mass is 243 g/mol. The molecule has 0 spiro atoms. The Morgan fingerprint density at radius 3 is 2.59 bits per heavy atom. The Balaban J connectivity index is 2.54. The van der Waals surface area contributed by atoms with Gasteiger partial charge in [-0.15, -0.1) is 0 Å². The molecule has 0 atom stereocenters. The Labute approximate surface area is 104 Å². The summed E-state index contributed by atoms with van der Waals surface area (Å²) >= 11 is 6.41. The number of hydrogen-bond donors (Lipinski definition) is 0. The summed E-state index contributed by atoms with van der Waals surface area (Å²) in [6.45, 7) is 0. The molecule has 84 valence electrons. The lowest BCUT2D eigenvalue weighted by atomic mass is 10.1.